The number of aliphatic imine (C=N–C) groups is 1. The summed E-state index contributed by atoms with van der Waals surface area (Å²) in [6, 6.07) is 0. The van der Waals surface area contributed by atoms with Crippen molar-refractivity contribution in [3.63, 3.8) is 0 Å². The van der Waals surface area contributed by atoms with E-state index in [1.54, 1.807) is 6.33 Å². The smallest absolute Gasteiger partial charge is 0.191 e. The number of aromatic nitrogens is 3. The van der Waals surface area contributed by atoms with Gasteiger partial charge in [-0.2, -0.15) is 0 Å². The van der Waals surface area contributed by atoms with Gasteiger partial charge in [0.05, 0.1) is 25.9 Å². The molecule has 3 rings (SSSR count). The lowest BCUT2D eigenvalue weighted by molar-refractivity contribution is 0.0224. The zero-order valence-corrected chi connectivity index (χ0v) is 19.8. The summed E-state index contributed by atoms with van der Waals surface area (Å²) in [5, 5.41) is 15.1. The Bertz CT molecular complexity index is 587. The van der Waals surface area contributed by atoms with Crippen LogP contribution in [-0.4, -0.2) is 90.8 Å². The molecular weight excluding hydrogens is 485 g/mol. The van der Waals surface area contributed by atoms with E-state index in [2.05, 4.69) is 37.2 Å². The monoisotopic (exact) mass is 521 g/mol. The van der Waals surface area contributed by atoms with Gasteiger partial charge >= 0.3 is 0 Å². The van der Waals surface area contributed by atoms with Gasteiger partial charge in [0.15, 0.2) is 5.96 Å². The molecule has 2 fully saturated rings. The molecule has 1 unspecified atom stereocenters. The van der Waals surface area contributed by atoms with Crippen molar-refractivity contribution in [2.24, 2.45) is 4.99 Å². The number of hydrogen-bond acceptors (Lipinski definition) is 6. The molecule has 0 amide bonds. The van der Waals surface area contributed by atoms with E-state index < -0.39 is 0 Å². The molecule has 10 heteroatoms. The topological polar surface area (TPSA) is 88.8 Å². The van der Waals surface area contributed by atoms with E-state index in [9.17, 15) is 0 Å². The lowest BCUT2D eigenvalue weighted by Crippen LogP contribution is -2.45. The average Bonchev–Trinajstić information content (AvgIpc) is 3.20. The van der Waals surface area contributed by atoms with E-state index in [0.717, 1.165) is 83.7 Å². The summed E-state index contributed by atoms with van der Waals surface area (Å²) in [5.74, 6) is 1.87. The van der Waals surface area contributed by atoms with E-state index >= 15 is 0 Å². The number of nitrogens with one attached hydrogen (secondary N) is 2. The second-order valence-electron chi connectivity index (χ2n) is 7.28. The quantitative estimate of drug-likeness (QED) is 0.284. The normalized spacial score (nSPS) is 20.9. The number of hydrogen-bond donors (Lipinski definition) is 2. The van der Waals surface area contributed by atoms with Crippen LogP contribution in [0.1, 0.15) is 32.0 Å². The Kier molecular flexibility index (Phi) is 11.8. The first kappa shape index (κ1) is 24.3. The van der Waals surface area contributed by atoms with Crippen LogP contribution >= 0.6 is 24.0 Å². The Balaban J connectivity index is 0.00000300. The van der Waals surface area contributed by atoms with Gasteiger partial charge in [-0.1, -0.05) is 6.92 Å². The van der Waals surface area contributed by atoms with Gasteiger partial charge in [0.2, 0.25) is 0 Å². The first-order chi connectivity index (χ1) is 13.8. The third kappa shape index (κ3) is 8.73. The zero-order valence-electron chi connectivity index (χ0n) is 17.5. The fourth-order valence-electron chi connectivity index (χ4n) is 3.51. The third-order valence-electron chi connectivity index (χ3n) is 5.21. The molecule has 0 bridgehead atoms. The van der Waals surface area contributed by atoms with Crippen LogP contribution in [0, 0.1) is 0 Å². The number of ether oxygens (including phenoxy) is 2. The van der Waals surface area contributed by atoms with Crippen molar-refractivity contribution in [2.75, 3.05) is 59.1 Å². The van der Waals surface area contributed by atoms with Gasteiger partial charge in [-0.25, -0.2) is 0 Å². The van der Waals surface area contributed by atoms with Gasteiger partial charge in [-0.05, 0) is 19.3 Å². The van der Waals surface area contributed by atoms with Crippen LogP contribution in [0.5, 0.6) is 0 Å². The standard InChI is InChI=1S/C19H35N7O2.HI/c1-2-18-24-23-16-26(18)9-7-21-19(22-15-17-5-3-4-12-28-17)20-6-8-25-10-13-27-14-11-25;/h16-17H,2-15H2,1H3,(H2,20,21,22);1H. The van der Waals surface area contributed by atoms with Crippen molar-refractivity contribution in [1.82, 2.24) is 30.3 Å². The van der Waals surface area contributed by atoms with Crippen LogP contribution in [0.15, 0.2) is 11.3 Å². The van der Waals surface area contributed by atoms with Crippen LogP contribution in [0.3, 0.4) is 0 Å². The molecule has 29 heavy (non-hydrogen) atoms. The number of aryl methyl sites for hydroxylation is 1. The number of halogens is 1. The molecule has 2 aliphatic heterocycles. The lowest BCUT2D eigenvalue weighted by atomic mass is 10.1. The largest absolute Gasteiger partial charge is 0.379 e. The van der Waals surface area contributed by atoms with E-state index in [0.29, 0.717) is 6.54 Å². The fraction of sp³-hybridized carbons (Fsp3) is 0.842. The lowest BCUT2D eigenvalue weighted by Gasteiger charge is -2.27. The molecule has 9 nitrogen and oxygen atoms in total. The molecule has 1 aromatic heterocycles. The number of morpholine rings is 1. The molecule has 166 valence electrons. The minimum Gasteiger partial charge on any atom is -0.379 e. The molecule has 0 radical (unpaired) electrons. The molecule has 2 saturated heterocycles. The second-order valence-corrected chi connectivity index (χ2v) is 7.28. The summed E-state index contributed by atoms with van der Waals surface area (Å²) in [6.07, 6.45) is 6.43. The highest BCUT2D eigenvalue weighted by atomic mass is 127. The SMILES string of the molecule is CCc1nncn1CCNC(=NCC1CCCCO1)NCCN1CCOCC1.I. The minimum absolute atomic E-state index is 0. The second kappa shape index (κ2) is 14.1. The Labute approximate surface area is 191 Å². The van der Waals surface area contributed by atoms with Gasteiger partial charge in [0.25, 0.3) is 0 Å². The highest BCUT2D eigenvalue weighted by Crippen LogP contribution is 2.12. The average molecular weight is 521 g/mol. The van der Waals surface area contributed by atoms with E-state index in [-0.39, 0.29) is 30.1 Å². The van der Waals surface area contributed by atoms with Crippen LogP contribution in [-0.2, 0) is 22.4 Å². The summed E-state index contributed by atoms with van der Waals surface area (Å²) < 4.78 is 13.3. The highest BCUT2D eigenvalue weighted by molar-refractivity contribution is 14.0. The number of rotatable bonds is 9. The molecule has 0 spiro atoms. The zero-order chi connectivity index (χ0) is 19.4. The first-order valence-corrected chi connectivity index (χ1v) is 10.7. The summed E-state index contributed by atoms with van der Waals surface area (Å²) in [4.78, 5) is 7.20. The van der Waals surface area contributed by atoms with Gasteiger partial charge < -0.3 is 24.7 Å². The molecule has 0 aromatic carbocycles. The highest BCUT2D eigenvalue weighted by Gasteiger charge is 2.14. The molecule has 3 heterocycles. The third-order valence-corrected chi connectivity index (χ3v) is 5.21. The molecule has 0 saturated carbocycles. The molecule has 1 atom stereocenters. The predicted molar refractivity (Wildman–Crippen MR) is 124 cm³/mol. The minimum atomic E-state index is 0. The maximum atomic E-state index is 5.82. The van der Waals surface area contributed by atoms with Crippen molar-refractivity contribution >= 4 is 29.9 Å². The molecule has 2 aliphatic rings. The molecule has 2 N–H and O–H groups in total. The van der Waals surface area contributed by atoms with E-state index in [4.69, 9.17) is 14.5 Å². The molecule has 1 aromatic rings. The maximum absolute atomic E-state index is 5.82. The van der Waals surface area contributed by atoms with Gasteiger partial charge in [-0.15, -0.1) is 34.2 Å². The molecule has 0 aliphatic carbocycles. The van der Waals surface area contributed by atoms with Crippen molar-refractivity contribution in [3.8, 4) is 0 Å². The van der Waals surface area contributed by atoms with E-state index in [1.807, 2.05) is 0 Å². The van der Waals surface area contributed by atoms with Gasteiger partial charge in [0, 0.05) is 52.3 Å². The number of nitrogens with zero attached hydrogens (tertiary/aromatic N) is 5. The molecular formula is C19H36IN7O2. The summed E-state index contributed by atoms with van der Waals surface area (Å²) in [7, 11) is 0. The van der Waals surface area contributed by atoms with Crippen LogP contribution in [0.2, 0.25) is 0 Å². The Morgan fingerprint density at radius 2 is 1.97 bits per heavy atom. The van der Waals surface area contributed by atoms with Crippen molar-refractivity contribution < 1.29 is 9.47 Å². The summed E-state index contributed by atoms with van der Waals surface area (Å²) >= 11 is 0. The fourth-order valence-corrected chi connectivity index (χ4v) is 3.51. The predicted octanol–water partition coefficient (Wildman–Crippen LogP) is 0.895. The van der Waals surface area contributed by atoms with Gasteiger partial charge in [-0.3, -0.25) is 9.89 Å². The Hall–Kier alpha value is -0.980. The first-order valence-electron chi connectivity index (χ1n) is 10.7. The van der Waals surface area contributed by atoms with Crippen LogP contribution in [0.25, 0.3) is 0 Å². The van der Waals surface area contributed by atoms with Crippen molar-refractivity contribution in [3.05, 3.63) is 12.2 Å². The van der Waals surface area contributed by atoms with Crippen LogP contribution < -0.4 is 10.6 Å². The summed E-state index contributed by atoms with van der Waals surface area (Å²) in [5.41, 5.74) is 0. The van der Waals surface area contributed by atoms with Crippen LogP contribution in [0.4, 0.5) is 0 Å². The Morgan fingerprint density at radius 3 is 2.69 bits per heavy atom. The maximum Gasteiger partial charge on any atom is 0.191 e. The van der Waals surface area contributed by atoms with E-state index in [1.165, 1.54) is 12.8 Å². The number of guanidine groups is 1. The van der Waals surface area contributed by atoms with Crippen molar-refractivity contribution in [1.29, 1.82) is 0 Å². The van der Waals surface area contributed by atoms with Crippen molar-refractivity contribution in [2.45, 2.75) is 45.3 Å². The summed E-state index contributed by atoms with van der Waals surface area (Å²) in [6.45, 7) is 10.8. The van der Waals surface area contributed by atoms with Gasteiger partial charge in [0.1, 0.15) is 12.2 Å². The Morgan fingerprint density at radius 1 is 1.17 bits per heavy atom.